The SMILES string of the molecule is Nc1cc(F)cc(SCc2c(Cl)cccc2Cl)c1. The second-order valence-corrected chi connectivity index (χ2v) is 5.57. The molecule has 0 aromatic heterocycles. The Morgan fingerprint density at radius 1 is 1.11 bits per heavy atom. The van der Waals surface area contributed by atoms with Crippen LogP contribution in [0.2, 0.25) is 10.0 Å². The molecule has 0 spiro atoms. The molecule has 2 aromatic rings. The number of hydrogen-bond acceptors (Lipinski definition) is 2. The first kappa shape index (κ1) is 13.5. The van der Waals surface area contributed by atoms with Gasteiger partial charge in [-0.25, -0.2) is 4.39 Å². The molecular formula is C13H10Cl2FNS. The lowest BCUT2D eigenvalue weighted by Gasteiger charge is -2.07. The summed E-state index contributed by atoms with van der Waals surface area (Å²) < 4.78 is 13.2. The van der Waals surface area contributed by atoms with E-state index in [2.05, 4.69) is 0 Å². The molecule has 18 heavy (non-hydrogen) atoms. The number of hydrogen-bond donors (Lipinski definition) is 1. The van der Waals surface area contributed by atoms with E-state index in [0.717, 1.165) is 10.5 Å². The van der Waals surface area contributed by atoms with Crippen molar-refractivity contribution in [3.05, 3.63) is 57.8 Å². The number of rotatable bonds is 3. The van der Waals surface area contributed by atoms with Gasteiger partial charge < -0.3 is 5.73 Å². The van der Waals surface area contributed by atoms with Gasteiger partial charge in [-0.15, -0.1) is 11.8 Å². The second-order valence-electron chi connectivity index (χ2n) is 3.71. The highest BCUT2D eigenvalue weighted by atomic mass is 35.5. The molecule has 2 rings (SSSR count). The lowest BCUT2D eigenvalue weighted by Crippen LogP contribution is -1.89. The highest BCUT2D eigenvalue weighted by molar-refractivity contribution is 7.98. The van der Waals surface area contributed by atoms with Gasteiger partial charge in [0.1, 0.15) is 5.82 Å². The number of nitrogens with two attached hydrogens (primary N) is 1. The molecule has 0 heterocycles. The summed E-state index contributed by atoms with van der Waals surface area (Å²) in [5.41, 5.74) is 6.83. The molecule has 94 valence electrons. The van der Waals surface area contributed by atoms with Gasteiger partial charge in [0, 0.05) is 26.4 Å². The van der Waals surface area contributed by atoms with Gasteiger partial charge in [0.05, 0.1) is 0 Å². The molecule has 0 radical (unpaired) electrons. The first-order chi connectivity index (χ1) is 8.56. The number of halogens is 3. The third-order valence-corrected chi connectivity index (χ3v) is 4.05. The fourth-order valence-corrected chi connectivity index (χ4v) is 3.22. The minimum absolute atomic E-state index is 0.345. The Hall–Kier alpha value is -0.900. The number of benzene rings is 2. The largest absolute Gasteiger partial charge is 0.399 e. The molecular weight excluding hydrogens is 292 g/mol. The molecule has 0 saturated carbocycles. The third-order valence-electron chi connectivity index (χ3n) is 2.34. The summed E-state index contributed by atoms with van der Waals surface area (Å²) in [5.74, 6) is 0.226. The van der Waals surface area contributed by atoms with Crippen molar-refractivity contribution in [1.29, 1.82) is 0 Å². The molecule has 0 aliphatic rings. The van der Waals surface area contributed by atoms with Crippen LogP contribution in [0.25, 0.3) is 0 Å². The molecule has 2 aromatic carbocycles. The summed E-state index contributed by atoms with van der Waals surface area (Å²) in [6.45, 7) is 0. The summed E-state index contributed by atoms with van der Waals surface area (Å²) in [5, 5.41) is 1.22. The molecule has 0 unspecified atom stereocenters. The molecule has 1 nitrogen and oxygen atoms in total. The molecule has 5 heteroatoms. The van der Waals surface area contributed by atoms with Crippen molar-refractivity contribution in [2.24, 2.45) is 0 Å². The van der Waals surface area contributed by atoms with Crippen LogP contribution >= 0.6 is 35.0 Å². The van der Waals surface area contributed by atoms with Gasteiger partial charge in [-0.3, -0.25) is 0 Å². The standard InChI is InChI=1S/C13H10Cl2FNS/c14-12-2-1-3-13(15)11(12)7-18-10-5-8(16)4-9(17)6-10/h1-6H,7,17H2. The molecule has 0 aliphatic heterocycles. The topological polar surface area (TPSA) is 26.0 Å². The van der Waals surface area contributed by atoms with Gasteiger partial charge in [0.25, 0.3) is 0 Å². The van der Waals surface area contributed by atoms with Crippen LogP contribution in [0, 0.1) is 5.82 Å². The molecule has 0 atom stereocenters. The van der Waals surface area contributed by atoms with Crippen LogP contribution < -0.4 is 5.73 Å². The Morgan fingerprint density at radius 3 is 2.39 bits per heavy atom. The van der Waals surface area contributed by atoms with Crippen LogP contribution in [-0.4, -0.2) is 0 Å². The Bertz CT molecular complexity index is 534. The fraction of sp³-hybridized carbons (Fsp3) is 0.0769. The van der Waals surface area contributed by atoms with Crippen molar-refractivity contribution in [3.63, 3.8) is 0 Å². The quantitative estimate of drug-likeness (QED) is 0.637. The first-order valence-corrected chi connectivity index (χ1v) is 6.92. The lowest BCUT2D eigenvalue weighted by molar-refractivity contribution is 0.625. The maximum Gasteiger partial charge on any atom is 0.126 e. The Kier molecular flexibility index (Phi) is 4.38. The van der Waals surface area contributed by atoms with E-state index < -0.39 is 0 Å². The summed E-state index contributed by atoms with van der Waals surface area (Å²) in [4.78, 5) is 0.753. The maximum absolute atomic E-state index is 13.2. The van der Waals surface area contributed by atoms with Crippen molar-refractivity contribution in [3.8, 4) is 0 Å². The van der Waals surface area contributed by atoms with Crippen molar-refractivity contribution in [1.82, 2.24) is 0 Å². The maximum atomic E-state index is 13.2. The minimum Gasteiger partial charge on any atom is -0.399 e. The summed E-state index contributed by atoms with van der Waals surface area (Å²) in [6, 6.07) is 9.79. The zero-order valence-corrected chi connectivity index (χ0v) is 11.6. The lowest BCUT2D eigenvalue weighted by atomic mass is 10.2. The average molecular weight is 302 g/mol. The van der Waals surface area contributed by atoms with Crippen molar-refractivity contribution < 1.29 is 4.39 Å². The second kappa shape index (κ2) is 5.83. The Labute approximate surface area is 119 Å². The smallest absolute Gasteiger partial charge is 0.126 e. The molecule has 0 amide bonds. The molecule has 0 fully saturated rings. The molecule has 0 bridgehead atoms. The van der Waals surface area contributed by atoms with Crippen molar-refractivity contribution in [2.45, 2.75) is 10.6 Å². The van der Waals surface area contributed by atoms with Gasteiger partial charge >= 0.3 is 0 Å². The van der Waals surface area contributed by atoms with E-state index in [9.17, 15) is 4.39 Å². The fourth-order valence-electron chi connectivity index (χ4n) is 1.49. The highest BCUT2D eigenvalue weighted by Crippen LogP contribution is 2.32. The van der Waals surface area contributed by atoms with E-state index in [-0.39, 0.29) is 5.82 Å². The summed E-state index contributed by atoms with van der Waals surface area (Å²) in [6.07, 6.45) is 0. The first-order valence-electron chi connectivity index (χ1n) is 5.18. The Morgan fingerprint density at radius 2 is 1.78 bits per heavy atom. The van der Waals surface area contributed by atoms with E-state index in [1.807, 2.05) is 0 Å². The van der Waals surface area contributed by atoms with Gasteiger partial charge in [0.15, 0.2) is 0 Å². The van der Waals surface area contributed by atoms with Crippen LogP contribution in [0.5, 0.6) is 0 Å². The van der Waals surface area contributed by atoms with Crippen LogP contribution in [0.1, 0.15) is 5.56 Å². The number of nitrogen functional groups attached to an aromatic ring is 1. The predicted octanol–water partition coefficient (Wildman–Crippen LogP) is 5.01. The zero-order chi connectivity index (χ0) is 13.1. The third kappa shape index (κ3) is 3.31. The molecule has 2 N–H and O–H groups in total. The van der Waals surface area contributed by atoms with E-state index in [0.29, 0.717) is 21.5 Å². The van der Waals surface area contributed by atoms with E-state index in [4.69, 9.17) is 28.9 Å². The van der Waals surface area contributed by atoms with Crippen LogP contribution in [-0.2, 0) is 5.75 Å². The minimum atomic E-state index is -0.345. The molecule has 0 saturated heterocycles. The van der Waals surface area contributed by atoms with Crippen LogP contribution in [0.3, 0.4) is 0 Å². The van der Waals surface area contributed by atoms with E-state index in [1.165, 1.54) is 23.9 Å². The Balaban J connectivity index is 2.16. The van der Waals surface area contributed by atoms with Crippen molar-refractivity contribution in [2.75, 3.05) is 5.73 Å². The monoisotopic (exact) mass is 301 g/mol. The number of thioether (sulfide) groups is 1. The van der Waals surface area contributed by atoms with Gasteiger partial charge in [-0.1, -0.05) is 29.3 Å². The van der Waals surface area contributed by atoms with Crippen LogP contribution in [0.4, 0.5) is 10.1 Å². The van der Waals surface area contributed by atoms with Gasteiger partial charge in [-0.05, 0) is 35.9 Å². The van der Waals surface area contributed by atoms with Gasteiger partial charge in [-0.2, -0.15) is 0 Å². The zero-order valence-electron chi connectivity index (χ0n) is 9.29. The van der Waals surface area contributed by atoms with Gasteiger partial charge in [0.2, 0.25) is 0 Å². The summed E-state index contributed by atoms with van der Waals surface area (Å²) >= 11 is 13.6. The highest BCUT2D eigenvalue weighted by Gasteiger charge is 2.07. The van der Waals surface area contributed by atoms with Crippen molar-refractivity contribution >= 4 is 40.7 Å². The average Bonchev–Trinajstić information content (AvgIpc) is 2.27. The number of anilines is 1. The predicted molar refractivity (Wildman–Crippen MR) is 76.8 cm³/mol. The molecule has 0 aliphatic carbocycles. The van der Waals surface area contributed by atoms with E-state index >= 15 is 0 Å². The van der Waals surface area contributed by atoms with E-state index in [1.54, 1.807) is 24.3 Å². The normalized spacial score (nSPS) is 10.6. The van der Waals surface area contributed by atoms with Crippen LogP contribution in [0.15, 0.2) is 41.3 Å². The summed E-state index contributed by atoms with van der Waals surface area (Å²) in [7, 11) is 0.